The van der Waals surface area contributed by atoms with E-state index in [0.717, 1.165) is 6.42 Å². The summed E-state index contributed by atoms with van der Waals surface area (Å²) in [4.78, 5) is 26.2. The molecule has 1 aromatic carbocycles. The predicted molar refractivity (Wildman–Crippen MR) is 92.5 cm³/mol. The number of nitrogens with one attached hydrogen (secondary N) is 1. The second-order valence-corrected chi connectivity index (χ2v) is 5.50. The van der Waals surface area contributed by atoms with Crippen molar-refractivity contribution in [2.24, 2.45) is 0 Å². The smallest absolute Gasteiger partial charge is 0.273 e. The van der Waals surface area contributed by atoms with E-state index in [1.54, 1.807) is 42.3 Å². The summed E-state index contributed by atoms with van der Waals surface area (Å²) in [7, 11) is 1.56. The first kappa shape index (κ1) is 18.5. The molecular weight excluding hydrogens is 322 g/mol. The van der Waals surface area contributed by atoms with Gasteiger partial charge in [-0.2, -0.15) is 0 Å². The molecule has 0 spiro atoms. The molecule has 0 aliphatic carbocycles. The maximum atomic E-state index is 12.8. The zero-order chi connectivity index (χ0) is 18.2. The van der Waals surface area contributed by atoms with E-state index >= 15 is 0 Å². The highest BCUT2D eigenvalue weighted by atomic mass is 16.5. The van der Waals surface area contributed by atoms with Gasteiger partial charge in [-0.25, -0.2) is 0 Å². The minimum absolute atomic E-state index is 0.128. The van der Waals surface area contributed by atoms with Crippen LogP contribution < -0.4 is 10.1 Å². The van der Waals surface area contributed by atoms with Gasteiger partial charge in [0, 0.05) is 24.7 Å². The van der Waals surface area contributed by atoms with Gasteiger partial charge in [-0.3, -0.25) is 9.59 Å². The number of methoxy groups -OCH3 is 1. The summed E-state index contributed by atoms with van der Waals surface area (Å²) in [6, 6.07) is 8.57. The average molecular weight is 345 g/mol. The Balaban J connectivity index is 2.14. The van der Waals surface area contributed by atoms with Crippen LogP contribution in [0.2, 0.25) is 0 Å². The third-order valence-corrected chi connectivity index (χ3v) is 3.57. The topological polar surface area (TPSA) is 84.7 Å². The van der Waals surface area contributed by atoms with E-state index in [1.165, 1.54) is 0 Å². The van der Waals surface area contributed by atoms with E-state index < -0.39 is 0 Å². The zero-order valence-corrected chi connectivity index (χ0v) is 14.7. The Kier molecular flexibility index (Phi) is 6.56. The first-order chi connectivity index (χ1) is 12.1. The summed E-state index contributed by atoms with van der Waals surface area (Å²) in [5, 5.41) is 6.42. The molecule has 1 heterocycles. The Bertz CT molecular complexity index is 727. The molecule has 2 rings (SSSR count). The van der Waals surface area contributed by atoms with Gasteiger partial charge in [0.05, 0.1) is 13.7 Å². The van der Waals surface area contributed by atoms with Crippen LogP contribution in [0.15, 0.2) is 34.9 Å². The van der Waals surface area contributed by atoms with Gasteiger partial charge in [0.15, 0.2) is 11.5 Å². The van der Waals surface area contributed by atoms with Gasteiger partial charge in [0.25, 0.3) is 11.8 Å². The lowest BCUT2D eigenvalue weighted by atomic mass is 10.1. The highest BCUT2D eigenvalue weighted by molar-refractivity contribution is 5.94. The number of nitrogens with zero attached hydrogens (tertiary/aromatic N) is 2. The third kappa shape index (κ3) is 4.82. The minimum atomic E-state index is -0.293. The quantitative estimate of drug-likeness (QED) is 0.794. The van der Waals surface area contributed by atoms with Gasteiger partial charge in [-0.05, 0) is 31.5 Å². The fourth-order valence-corrected chi connectivity index (χ4v) is 2.39. The van der Waals surface area contributed by atoms with Crippen LogP contribution in [0, 0.1) is 0 Å². The van der Waals surface area contributed by atoms with Gasteiger partial charge >= 0.3 is 0 Å². The van der Waals surface area contributed by atoms with Crippen LogP contribution in [-0.4, -0.2) is 42.1 Å². The maximum absolute atomic E-state index is 12.8. The van der Waals surface area contributed by atoms with Crippen molar-refractivity contribution in [3.8, 4) is 5.75 Å². The van der Waals surface area contributed by atoms with Crippen molar-refractivity contribution in [3.63, 3.8) is 0 Å². The van der Waals surface area contributed by atoms with Crippen LogP contribution in [0.5, 0.6) is 5.75 Å². The van der Waals surface area contributed by atoms with Crippen LogP contribution in [0.1, 0.15) is 46.9 Å². The zero-order valence-electron chi connectivity index (χ0n) is 14.7. The number of carbonyl (C=O) groups is 2. The number of amides is 2. The van der Waals surface area contributed by atoms with Gasteiger partial charge in [0.1, 0.15) is 5.75 Å². The Morgan fingerprint density at radius 1 is 1.28 bits per heavy atom. The monoisotopic (exact) mass is 345 g/mol. The van der Waals surface area contributed by atoms with E-state index in [4.69, 9.17) is 9.26 Å². The molecule has 0 atom stereocenters. The van der Waals surface area contributed by atoms with Crippen molar-refractivity contribution in [2.75, 3.05) is 20.2 Å². The number of hydrogen-bond acceptors (Lipinski definition) is 5. The fourth-order valence-electron chi connectivity index (χ4n) is 2.39. The second kappa shape index (κ2) is 8.86. The van der Waals surface area contributed by atoms with Crippen molar-refractivity contribution >= 4 is 11.8 Å². The number of aromatic nitrogens is 1. The third-order valence-electron chi connectivity index (χ3n) is 3.57. The van der Waals surface area contributed by atoms with Gasteiger partial charge < -0.3 is 19.5 Å². The normalized spacial score (nSPS) is 10.4. The van der Waals surface area contributed by atoms with E-state index in [2.05, 4.69) is 10.5 Å². The molecule has 0 bridgehead atoms. The van der Waals surface area contributed by atoms with Crippen LogP contribution >= 0.6 is 0 Å². The van der Waals surface area contributed by atoms with Gasteiger partial charge in [0.2, 0.25) is 0 Å². The fraction of sp³-hybridized carbons (Fsp3) is 0.389. The largest absolute Gasteiger partial charge is 0.497 e. The Hall–Kier alpha value is -2.83. The number of rotatable bonds is 8. The molecule has 1 aromatic heterocycles. The summed E-state index contributed by atoms with van der Waals surface area (Å²) in [6.45, 7) is 5.14. The predicted octanol–water partition coefficient (Wildman–Crippen LogP) is 2.49. The molecule has 0 radical (unpaired) electrons. The molecule has 7 heteroatoms. The Labute approximate surface area is 146 Å². The molecule has 0 aliphatic rings. The van der Waals surface area contributed by atoms with Crippen molar-refractivity contribution in [3.05, 3.63) is 47.3 Å². The number of benzene rings is 1. The first-order valence-corrected chi connectivity index (χ1v) is 8.26. The average Bonchev–Trinajstić information content (AvgIpc) is 3.10. The lowest BCUT2D eigenvalue weighted by Gasteiger charge is -2.21. The molecule has 1 N–H and O–H groups in total. The molecule has 0 aliphatic heterocycles. The van der Waals surface area contributed by atoms with Crippen LogP contribution in [0.4, 0.5) is 0 Å². The van der Waals surface area contributed by atoms with Crippen molar-refractivity contribution in [1.82, 2.24) is 15.4 Å². The van der Waals surface area contributed by atoms with Crippen LogP contribution in [0.3, 0.4) is 0 Å². The highest BCUT2D eigenvalue weighted by Crippen LogP contribution is 2.16. The summed E-state index contributed by atoms with van der Waals surface area (Å²) >= 11 is 0. The standard InChI is InChI=1S/C18H23N3O4/c1-4-9-21(18(23)13-7-6-8-14(10-13)24-3)12-15-11-16(20-25-15)17(22)19-5-2/h6-8,10-11H,4-5,9,12H2,1-3H3,(H,19,22). The Morgan fingerprint density at radius 3 is 2.76 bits per heavy atom. The van der Waals surface area contributed by atoms with Crippen LogP contribution in [0.25, 0.3) is 0 Å². The molecular formula is C18H23N3O4. The molecule has 25 heavy (non-hydrogen) atoms. The molecule has 134 valence electrons. The summed E-state index contributed by atoms with van der Waals surface area (Å²) in [5.74, 6) is 0.668. The lowest BCUT2D eigenvalue weighted by Crippen LogP contribution is -2.31. The van der Waals surface area contributed by atoms with Crippen molar-refractivity contribution in [1.29, 1.82) is 0 Å². The molecule has 0 fully saturated rings. The molecule has 2 amide bonds. The molecule has 0 saturated heterocycles. The minimum Gasteiger partial charge on any atom is -0.497 e. The number of ether oxygens (including phenoxy) is 1. The van der Waals surface area contributed by atoms with Crippen molar-refractivity contribution < 1.29 is 18.8 Å². The van der Waals surface area contributed by atoms with Crippen LogP contribution in [-0.2, 0) is 6.54 Å². The molecule has 0 unspecified atom stereocenters. The summed E-state index contributed by atoms with van der Waals surface area (Å²) in [6.07, 6.45) is 0.799. The molecule has 0 saturated carbocycles. The lowest BCUT2D eigenvalue weighted by molar-refractivity contribution is 0.0726. The number of carbonyl (C=O) groups excluding carboxylic acids is 2. The first-order valence-electron chi connectivity index (χ1n) is 8.26. The van der Waals surface area contributed by atoms with E-state index in [1.807, 2.05) is 13.8 Å². The van der Waals surface area contributed by atoms with E-state index in [0.29, 0.717) is 30.2 Å². The van der Waals surface area contributed by atoms with Gasteiger partial charge in [-0.15, -0.1) is 0 Å². The number of hydrogen-bond donors (Lipinski definition) is 1. The van der Waals surface area contributed by atoms with Crippen molar-refractivity contribution in [2.45, 2.75) is 26.8 Å². The van der Waals surface area contributed by atoms with E-state index in [9.17, 15) is 9.59 Å². The maximum Gasteiger partial charge on any atom is 0.273 e. The highest BCUT2D eigenvalue weighted by Gasteiger charge is 2.19. The SMILES string of the molecule is CCCN(Cc1cc(C(=O)NCC)no1)C(=O)c1cccc(OC)c1. The second-order valence-electron chi connectivity index (χ2n) is 5.50. The summed E-state index contributed by atoms with van der Waals surface area (Å²) in [5.41, 5.74) is 0.749. The Morgan fingerprint density at radius 2 is 2.08 bits per heavy atom. The molecule has 2 aromatic rings. The summed E-state index contributed by atoms with van der Waals surface area (Å²) < 4.78 is 10.4. The molecule has 7 nitrogen and oxygen atoms in total. The van der Waals surface area contributed by atoms with Gasteiger partial charge in [-0.1, -0.05) is 18.1 Å². The van der Waals surface area contributed by atoms with E-state index in [-0.39, 0.29) is 24.1 Å².